The number of quaternary nitrogens is 1. The fourth-order valence-corrected chi connectivity index (χ4v) is 4.99. The SMILES string of the molecule is CSc1cc2c(cc1C(F)(F)F)N(C(=O)Nc1cccc(C(=O)[N+]3(C)CCNCC3)c1)CC2. The maximum absolute atomic E-state index is 13.5. The number of carbonyl (C=O) groups is 2. The van der Waals surface area contributed by atoms with E-state index in [1.54, 1.807) is 30.5 Å². The molecule has 0 aliphatic carbocycles. The third-order valence-corrected chi connectivity index (χ3v) is 7.04. The summed E-state index contributed by atoms with van der Waals surface area (Å²) in [6, 6.07) is 8.76. The molecule has 0 saturated carbocycles. The monoisotopic (exact) mass is 479 g/mol. The van der Waals surface area contributed by atoms with E-state index in [2.05, 4.69) is 10.6 Å². The highest BCUT2D eigenvalue weighted by Crippen LogP contribution is 2.42. The molecular formula is C23H26F3N4O2S+. The first kappa shape index (κ1) is 23.6. The molecule has 2 heterocycles. The Morgan fingerprint density at radius 1 is 1.15 bits per heavy atom. The number of thioether (sulfide) groups is 1. The third-order valence-electron chi connectivity index (χ3n) is 6.26. The first-order valence-electron chi connectivity index (χ1n) is 10.7. The lowest BCUT2D eigenvalue weighted by Crippen LogP contribution is -2.59. The van der Waals surface area contributed by atoms with Crippen LogP contribution < -0.4 is 15.5 Å². The third kappa shape index (κ3) is 4.73. The minimum absolute atomic E-state index is 0.0291. The average molecular weight is 480 g/mol. The summed E-state index contributed by atoms with van der Waals surface area (Å²) >= 11 is 1.04. The molecule has 4 rings (SSSR count). The number of hydrogen-bond acceptors (Lipinski definition) is 4. The number of fused-ring (bicyclic) bond motifs is 1. The van der Waals surface area contributed by atoms with Gasteiger partial charge in [0.25, 0.3) is 0 Å². The van der Waals surface area contributed by atoms with E-state index in [9.17, 15) is 22.8 Å². The number of urea groups is 1. The summed E-state index contributed by atoms with van der Waals surface area (Å²) in [7, 11) is 1.90. The van der Waals surface area contributed by atoms with Crippen molar-refractivity contribution < 1.29 is 27.2 Å². The number of anilines is 2. The van der Waals surface area contributed by atoms with Crippen LogP contribution in [0.15, 0.2) is 41.3 Å². The maximum Gasteiger partial charge on any atom is 0.417 e. The molecule has 0 unspecified atom stereocenters. The van der Waals surface area contributed by atoms with E-state index in [-0.39, 0.29) is 27.5 Å². The molecule has 2 aromatic carbocycles. The van der Waals surface area contributed by atoms with Crippen LogP contribution in [-0.2, 0) is 12.6 Å². The zero-order valence-corrected chi connectivity index (χ0v) is 19.3. The summed E-state index contributed by atoms with van der Waals surface area (Å²) in [5.74, 6) is -0.0291. The predicted molar refractivity (Wildman–Crippen MR) is 123 cm³/mol. The molecule has 2 aliphatic heterocycles. The van der Waals surface area contributed by atoms with Crippen LogP contribution in [0.2, 0.25) is 0 Å². The predicted octanol–water partition coefficient (Wildman–Crippen LogP) is 4.21. The largest absolute Gasteiger partial charge is 0.417 e. The van der Waals surface area contributed by atoms with Gasteiger partial charge in [0.15, 0.2) is 0 Å². The van der Waals surface area contributed by atoms with E-state index in [4.69, 9.17) is 0 Å². The van der Waals surface area contributed by atoms with Crippen molar-refractivity contribution in [3.05, 3.63) is 53.1 Å². The first-order chi connectivity index (χ1) is 15.6. The van der Waals surface area contributed by atoms with E-state index >= 15 is 0 Å². The molecule has 2 aliphatic rings. The van der Waals surface area contributed by atoms with Crippen molar-refractivity contribution in [2.75, 3.05) is 56.2 Å². The molecule has 10 heteroatoms. The van der Waals surface area contributed by atoms with Crippen molar-refractivity contribution in [3.63, 3.8) is 0 Å². The Bertz CT molecular complexity index is 1080. The van der Waals surface area contributed by atoms with Crippen molar-refractivity contribution in [1.29, 1.82) is 0 Å². The molecule has 33 heavy (non-hydrogen) atoms. The van der Waals surface area contributed by atoms with Crippen LogP contribution in [0.4, 0.5) is 29.3 Å². The summed E-state index contributed by atoms with van der Waals surface area (Å²) < 4.78 is 40.8. The minimum Gasteiger partial charge on any atom is -0.308 e. The maximum atomic E-state index is 13.5. The average Bonchev–Trinajstić information content (AvgIpc) is 3.21. The number of piperazine rings is 1. The minimum atomic E-state index is -4.50. The number of carbonyl (C=O) groups excluding carboxylic acids is 2. The van der Waals surface area contributed by atoms with Gasteiger partial charge in [-0.15, -0.1) is 11.8 Å². The lowest BCUT2D eigenvalue weighted by Gasteiger charge is -2.35. The van der Waals surface area contributed by atoms with Gasteiger partial charge in [-0.25, -0.2) is 9.59 Å². The van der Waals surface area contributed by atoms with Crippen molar-refractivity contribution in [2.45, 2.75) is 17.5 Å². The van der Waals surface area contributed by atoms with Gasteiger partial charge in [-0.3, -0.25) is 9.38 Å². The molecule has 0 spiro atoms. The quantitative estimate of drug-likeness (QED) is 0.512. The van der Waals surface area contributed by atoms with Gasteiger partial charge >= 0.3 is 18.1 Å². The second-order valence-corrected chi connectivity index (χ2v) is 9.34. The number of rotatable bonds is 3. The van der Waals surface area contributed by atoms with Crippen molar-refractivity contribution in [1.82, 2.24) is 5.32 Å². The number of benzene rings is 2. The highest BCUT2D eigenvalue weighted by Gasteiger charge is 2.37. The van der Waals surface area contributed by atoms with Crippen LogP contribution in [0, 0.1) is 0 Å². The smallest absolute Gasteiger partial charge is 0.308 e. The van der Waals surface area contributed by atoms with E-state index in [1.807, 2.05) is 7.05 Å². The van der Waals surface area contributed by atoms with Crippen LogP contribution >= 0.6 is 11.8 Å². The molecule has 0 bridgehead atoms. The normalized spacial score (nSPS) is 17.5. The summed E-state index contributed by atoms with van der Waals surface area (Å²) in [4.78, 5) is 27.5. The van der Waals surface area contributed by atoms with Crippen molar-refractivity contribution in [2.24, 2.45) is 0 Å². The van der Waals surface area contributed by atoms with Gasteiger partial charge in [-0.1, -0.05) is 6.07 Å². The molecule has 0 radical (unpaired) electrons. The van der Waals surface area contributed by atoms with Crippen molar-refractivity contribution >= 4 is 35.1 Å². The molecule has 0 aromatic heterocycles. The van der Waals surface area contributed by atoms with Gasteiger partial charge in [-0.2, -0.15) is 13.2 Å². The van der Waals surface area contributed by atoms with Crippen LogP contribution in [0.3, 0.4) is 0 Å². The Balaban J connectivity index is 1.55. The fourth-order valence-electron chi connectivity index (χ4n) is 4.34. The fraction of sp³-hybridized carbons (Fsp3) is 0.391. The Labute approximate surface area is 194 Å². The molecule has 1 fully saturated rings. The Morgan fingerprint density at radius 2 is 1.88 bits per heavy atom. The van der Waals surface area contributed by atoms with Crippen LogP contribution in [0.5, 0.6) is 0 Å². The number of hydrogen-bond donors (Lipinski definition) is 2. The zero-order valence-electron chi connectivity index (χ0n) is 18.5. The summed E-state index contributed by atoms with van der Waals surface area (Å²) in [5.41, 5.74) is 1.15. The highest BCUT2D eigenvalue weighted by atomic mass is 32.2. The summed E-state index contributed by atoms with van der Waals surface area (Å²) in [6.45, 7) is 3.16. The Hall–Kier alpha value is -2.56. The molecule has 176 valence electrons. The first-order valence-corrected chi connectivity index (χ1v) is 11.9. The van der Waals surface area contributed by atoms with E-state index in [0.29, 0.717) is 36.3 Å². The number of nitrogens with one attached hydrogen (secondary N) is 2. The van der Waals surface area contributed by atoms with E-state index in [1.165, 1.54) is 11.0 Å². The molecule has 2 aromatic rings. The Kier molecular flexibility index (Phi) is 6.43. The number of likely N-dealkylation sites (N-methyl/N-ethyl adjacent to an activating group) is 1. The number of halogens is 3. The molecular weight excluding hydrogens is 453 g/mol. The van der Waals surface area contributed by atoms with Crippen LogP contribution in [0.1, 0.15) is 21.5 Å². The van der Waals surface area contributed by atoms with E-state index in [0.717, 1.165) is 30.9 Å². The van der Waals surface area contributed by atoms with Gasteiger partial charge in [0.05, 0.1) is 31.3 Å². The second kappa shape index (κ2) is 9.00. The lowest BCUT2D eigenvalue weighted by atomic mass is 10.1. The van der Waals surface area contributed by atoms with Crippen LogP contribution in [0.25, 0.3) is 0 Å². The van der Waals surface area contributed by atoms with Gasteiger partial charge in [-0.05, 0) is 48.6 Å². The van der Waals surface area contributed by atoms with Gasteiger partial charge < -0.3 is 10.6 Å². The number of nitrogens with zero attached hydrogens (tertiary/aromatic N) is 2. The second-order valence-electron chi connectivity index (χ2n) is 8.49. The topological polar surface area (TPSA) is 61.4 Å². The van der Waals surface area contributed by atoms with Gasteiger partial charge in [0.2, 0.25) is 0 Å². The van der Waals surface area contributed by atoms with Gasteiger partial charge in [0.1, 0.15) is 0 Å². The zero-order chi connectivity index (χ0) is 23.8. The highest BCUT2D eigenvalue weighted by molar-refractivity contribution is 7.98. The summed E-state index contributed by atoms with van der Waals surface area (Å²) in [5, 5.41) is 5.99. The molecule has 1 saturated heterocycles. The molecule has 2 N–H and O–H groups in total. The van der Waals surface area contributed by atoms with Crippen molar-refractivity contribution in [3.8, 4) is 0 Å². The van der Waals surface area contributed by atoms with Crippen LogP contribution in [-0.4, -0.2) is 62.4 Å². The standard InChI is InChI=1S/C23H25F3N4O2S/c1-30(10-7-27-8-11-30)21(31)16-4-3-5-17(12-16)28-22(32)29-9-6-15-13-20(33-2)18(14-19(15)29)23(24,25)26/h3-5,12-14,27H,6-11H2,1-2H3/p+1. The molecule has 0 atom stereocenters. The molecule has 3 amide bonds. The molecule has 6 nitrogen and oxygen atoms in total. The number of alkyl halides is 3. The number of amides is 3. The Morgan fingerprint density at radius 3 is 2.55 bits per heavy atom. The van der Waals surface area contributed by atoms with E-state index < -0.39 is 17.8 Å². The summed E-state index contributed by atoms with van der Waals surface area (Å²) in [6.07, 6.45) is -2.42. The van der Waals surface area contributed by atoms with Gasteiger partial charge in [0, 0.05) is 35.9 Å². The lowest BCUT2D eigenvalue weighted by molar-refractivity contribution is -0.830.